The van der Waals surface area contributed by atoms with Crippen LogP contribution in [0.5, 0.6) is 5.75 Å². The molecule has 0 saturated carbocycles. The summed E-state index contributed by atoms with van der Waals surface area (Å²) in [6.45, 7) is 6.28. The van der Waals surface area contributed by atoms with Crippen LogP contribution in [0.25, 0.3) is 0 Å². The summed E-state index contributed by atoms with van der Waals surface area (Å²) in [7, 11) is 0. The second-order valence-corrected chi connectivity index (χ2v) is 6.32. The number of rotatable bonds is 1. The molecule has 1 atom stereocenters. The minimum Gasteiger partial charge on any atom is -0.410 e. The third-order valence-electron chi connectivity index (χ3n) is 3.63. The highest BCUT2D eigenvalue weighted by Gasteiger charge is 2.30. The van der Waals surface area contributed by atoms with E-state index in [0.717, 1.165) is 6.42 Å². The molecule has 22 heavy (non-hydrogen) atoms. The maximum atomic E-state index is 12.2. The Morgan fingerprint density at radius 1 is 1.32 bits per heavy atom. The molecule has 1 amide bonds. The molecule has 114 valence electrons. The average molecular weight is 296 g/mol. The van der Waals surface area contributed by atoms with E-state index >= 15 is 0 Å². The minimum absolute atomic E-state index is 0.0503. The Morgan fingerprint density at radius 3 is 2.59 bits per heavy atom. The molecular weight excluding hydrogens is 276 g/mol. The van der Waals surface area contributed by atoms with Gasteiger partial charge in [0.1, 0.15) is 5.75 Å². The van der Waals surface area contributed by atoms with Crippen LogP contribution < -0.4 is 4.74 Å². The Balaban J connectivity index is 2.21. The lowest BCUT2D eigenvalue weighted by Crippen LogP contribution is -2.25. The highest BCUT2D eigenvalue weighted by atomic mass is 16.6. The quantitative estimate of drug-likeness (QED) is 0.768. The molecule has 4 heteroatoms. The predicted octanol–water partition coefficient (Wildman–Crippen LogP) is 4.47. The van der Waals surface area contributed by atoms with Gasteiger partial charge in [0.25, 0.3) is 0 Å². The molecule has 1 aliphatic heterocycles. The van der Waals surface area contributed by atoms with Crippen molar-refractivity contribution in [3.05, 3.63) is 54.4 Å². The number of hydrogen-bond donors (Lipinski definition) is 0. The predicted molar refractivity (Wildman–Crippen MR) is 84.7 cm³/mol. The Labute approximate surface area is 131 Å². The van der Waals surface area contributed by atoms with Crippen molar-refractivity contribution in [2.75, 3.05) is 0 Å². The molecule has 0 bridgehead atoms. The summed E-state index contributed by atoms with van der Waals surface area (Å²) in [4.78, 5) is 13.6. The van der Waals surface area contributed by atoms with Gasteiger partial charge < -0.3 is 4.74 Å². The zero-order valence-electron chi connectivity index (χ0n) is 13.1. The molecular formula is C18H20N2O2. The fourth-order valence-corrected chi connectivity index (χ4v) is 2.40. The van der Waals surface area contributed by atoms with Crippen molar-refractivity contribution in [1.82, 2.24) is 4.90 Å². The van der Waals surface area contributed by atoms with Gasteiger partial charge in [-0.15, -0.1) is 0 Å². The first kappa shape index (κ1) is 15.8. The maximum Gasteiger partial charge on any atom is 0.423 e. The average Bonchev–Trinajstić information content (AvgIpc) is 2.70. The molecule has 0 N–H and O–H groups in total. The molecule has 0 saturated heterocycles. The van der Waals surface area contributed by atoms with Gasteiger partial charge >= 0.3 is 6.09 Å². The van der Waals surface area contributed by atoms with Crippen LogP contribution in [0.2, 0.25) is 0 Å². The summed E-state index contributed by atoms with van der Waals surface area (Å²) in [5.74, 6) is 0.549. The first-order chi connectivity index (χ1) is 10.4. The van der Waals surface area contributed by atoms with E-state index in [1.54, 1.807) is 36.7 Å². The van der Waals surface area contributed by atoms with Crippen molar-refractivity contribution < 1.29 is 9.53 Å². The second kappa shape index (κ2) is 6.48. The Kier molecular flexibility index (Phi) is 4.67. The van der Waals surface area contributed by atoms with Crippen LogP contribution in [0.3, 0.4) is 0 Å². The van der Waals surface area contributed by atoms with E-state index in [-0.39, 0.29) is 11.3 Å². The van der Waals surface area contributed by atoms with E-state index in [0.29, 0.717) is 11.3 Å². The second-order valence-electron chi connectivity index (χ2n) is 6.32. The summed E-state index contributed by atoms with van der Waals surface area (Å²) in [5, 5.41) is 9.41. The fourth-order valence-electron chi connectivity index (χ4n) is 2.40. The molecule has 1 aromatic carbocycles. The Hall–Kier alpha value is -2.54. The molecule has 1 aliphatic rings. The lowest BCUT2D eigenvalue weighted by atomic mass is 9.75. The van der Waals surface area contributed by atoms with Gasteiger partial charge in [0.2, 0.25) is 0 Å². The largest absolute Gasteiger partial charge is 0.423 e. The van der Waals surface area contributed by atoms with E-state index in [1.165, 1.54) is 4.90 Å². The van der Waals surface area contributed by atoms with Crippen LogP contribution in [-0.4, -0.2) is 11.0 Å². The van der Waals surface area contributed by atoms with Gasteiger partial charge in [-0.1, -0.05) is 45.0 Å². The lowest BCUT2D eigenvalue weighted by Gasteiger charge is -2.28. The van der Waals surface area contributed by atoms with Gasteiger partial charge in [0, 0.05) is 18.3 Å². The first-order valence-electron chi connectivity index (χ1n) is 7.25. The summed E-state index contributed by atoms with van der Waals surface area (Å²) in [5.41, 5.74) is 0.535. The van der Waals surface area contributed by atoms with E-state index in [2.05, 4.69) is 26.8 Å². The number of hydrogen-bond acceptors (Lipinski definition) is 3. The molecule has 1 unspecified atom stereocenters. The molecule has 4 nitrogen and oxygen atoms in total. The van der Waals surface area contributed by atoms with E-state index in [9.17, 15) is 10.1 Å². The maximum absolute atomic E-state index is 12.2. The van der Waals surface area contributed by atoms with Crippen LogP contribution in [0.1, 0.15) is 27.2 Å². The number of benzene rings is 1. The van der Waals surface area contributed by atoms with Gasteiger partial charge in [0.15, 0.2) is 0 Å². The smallest absolute Gasteiger partial charge is 0.410 e. The minimum atomic E-state index is -0.523. The summed E-state index contributed by atoms with van der Waals surface area (Å²) in [6.07, 6.45) is 5.34. The third-order valence-corrected chi connectivity index (χ3v) is 3.63. The molecule has 0 aliphatic carbocycles. The Morgan fingerprint density at radius 2 is 2.00 bits per heavy atom. The van der Waals surface area contributed by atoms with Gasteiger partial charge in [0.05, 0.1) is 11.6 Å². The highest BCUT2D eigenvalue weighted by Crippen LogP contribution is 2.36. The first-order valence-corrected chi connectivity index (χ1v) is 7.25. The van der Waals surface area contributed by atoms with Crippen LogP contribution in [0.4, 0.5) is 4.79 Å². The van der Waals surface area contributed by atoms with Gasteiger partial charge in [-0.2, -0.15) is 5.26 Å². The number of amides is 1. The number of nitrogens with zero attached hydrogens (tertiary/aromatic N) is 2. The van der Waals surface area contributed by atoms with Crippen LogP contribution >= 0.6 is 0 Å². The molecule has 2 rings (SSSR count). The van der Waals surface area contributed by atoms with Crippen molar-refractivity contribution in [2.24, 2.45) is 11.3 Å². The zero-order valence-corrected chi connectivity index (χ0v) is 13.1. The van der Waals surface area contributed by atoms with Crippen molar-refractivity contribution in [3.8, 4) is 11.8 Å². The van der Waals surface area contributed by atoms with E-state index in [1.807, 2.05) is 12.1 Å². The topological polar surface area (TPSA) is 53.3 Å². The Bertz CT molecular complexity index is 633. The molecule has 0 fully saturated rings. The van der Waals surface area contributed by atoms with E-state index < -0.39 is 6.09 Å². The number of carbonyl (C=O) groups excluding carboxylic acids is 1. The van der Waals surface area contributed by atoms with Gasteiger partial charge in [-0.25, -0.2) is 4.79 Å². The summed E-state index contributed by atoms with van der Waals surface area (Å²) in [6, 6.07) is 11.1. The van der Waals surface area contributed by atoms with Gasteiger partial charge in [-0.3, -0.25) is 4.90 Å². The number of ether oxygens (including phenoxy) is 1. The SMILES string of the molecule is CC(C)(C)C1CC=CN(C(=O)Oc2ccccc2)C=C1C#N. The normalized spacial score (nSPS) is 18.2. The number of allylic oxidation sites excluding steroid dienone is 2. The van der Waals surface area contributed by atoms with Gasteiger partial charge in [-0.05, 0) is 24.0 Å². The van der Waals surface area contributed by atoms with Crippen LogP contribution in [0, 0.1) is 22.7 Å². The summed E-state index contributed by atoms with van der Waals surface area (Å²) >= 11 is 0. The van der Waals surface area contributed by atoms with Crippen LogP contribution in [0.15, 0.2) is 54.4 Å². The van der Waals surface area contributed by atoms with Crippen molar-refractivity contribution in [2.45, 2.75) is 27.2 Å². The number of para-hydroxylation sites is 1. The molecule has 1 aromatic rings. The lowest BCUT2D eigenvalue weighted by molar-refractivity contribution is 0.182. The standard InChI is InChI=1S/C18H20N2O2/c1-18(2,3)16-10-7-11-20(13-14(16)12-19)17(21)22-15-8-5-4-6-9-15/h4-9,11,13,16H,10H2,1-3H3. The molecule has 0 aromatic heterocycles. The molecule has 0 radical (unpaired) electrons. The van der Waals surface area contributed by atoms with Crippen molar-refractivity contribution in [3.63, 3.8) is 0 Å². The van der Waals surface area contributed by atoms with Crippen molar-refractivity contribution >= 4 is 6.09 Å². The number of nitriles is 1. The summed E-state index contributed by atoms with van der Waals surface area (Å²) < 4.78 is 5.30. The van der Waals surface area contributed by atoms with Crippen LogP contribution in [-0.2, 0) is 0 Å². The fraction of sp³-hybridized carbons (Fsp3) is 0.333. The van der Waals surface area contributed by atoms with E-state index in [4.69, 9.17) is 4.74 Å². The molecule has 1 heterocycles. The van der Waals surface area contributed by atoms with Crippen molar-refractivity contribution in [1.29, 1.82) is 5.26 Å². The number of carbonyl (C=O) groups is 1. The monoisotopic (exact) mass is 296 g/mol. The third kappa shape index (κ3) is 3.76. The molecule has 0 spiro atoms. The highest BCUT2D eigenvalue weighted by molar-refractivity contribution is 5.73. The zero-order chi connectivity index (χ0) is 16.2.